The van der Waals surface area contributed by atoms with E-state index in [1.807, 2.05) is 60.7 Å². The zero-order chi connectivity index (χ0) is 24.7. The highest BCUT2D eigenvalue weighted by atomic mass is 16.5. The number of fused-ring (bicyclic) bond motifs is 1. The minimum Gasteiger partial charge on any atom is -0.497 e. The lowest BCUT2D eigenvalue weighted by atomic mass is 9.96. The summed E-state index contributed by atoms with van der Waals surface area (Å²) in [5.74, 6) is 3.24. The number of aromatic nitrogens is 3. The van der Waals surface area contributed by atoms with Crippen molar-refractivity contribution < 1.29 is 9.53 Å². The first-order chi connectivity index (χ1) is 17.7. The lowest BCUT2D eigenvalue weighted by Crippen LogP contribution is -2.41. The van der Waals surface area contributed by atoms with Crippen LogP contribution in [0.4, 0.5) is 17.5 Å². The van der Waals surface area contributed by atoms with E-state index in [4.69, 9.17) is 4.74 Å². The number of carbonyl (C=O) groups excluding carboxylic acids is 1. The van der Waals surface area contributed by atoms with Crippen molar-refractivity contribution in [2.24, 2.45) is 5.92 Å². The second-order valence-electron chi connectivity index (χ2n) is 8.93. The van der Waals surface area contributed by atoms with Gasteiger partial charge in [0.05, 0.1) is 7.11 Å². The van der Waals surface area contributed by atoms with Gasteiger partial charge in [-0.25, -0.2) is 4.98 Å². The number of piperidine rings is 1. The fourth-order valence-electron chi connectivity index (χ4n) is 4.54. The molecule has 1 fully saturated rings. The molecule has 4 aromatic rings. The fraction of sp³-hybridized carbons (Fsp3) is 0.286. The first-order valence-electron chi connectivity index (χ1n) is 12.3. The number of rotatable bonds is 8. The second kappa shape index (κ2) is 11.0. The number of amides is 1. The van der Waals surface area contributed by atoms with Crippen LogP contribution >= 0.6 is 0 Å². The maximum Gasteiger partial charge on any atom is 0.223 e. The first kappa shape index (κ1) is 23.5. The summed E-state index contributed by atoms with van der Waals surface area (Å²) >= 11 is 0. The minimum absolute atomic E-state index is 0.0310. The Kier molecular flexibility index (Phi) is 7.21. The molecule has 3 heterocycles. The molecule has 0 aliphatic carbocycles. The number of carbonyl (C=O) groups is 1. The van der Waals surface area contributed by atoms with Gasteiger partial charge in [-0.15, -0.1) is 10.2 Å². The summed E-state index contributed by atoms with van der Waals surface area (Å²) in [5, 5.41) is 17.3. The molecule has 184 valence electrons. The van der Waals surface area contributed by atoms with Gasteiger partial charge in [0.15, 0.2) is 11.6 Å². The highest BCUT2D eigenvalue weighted by Crippen LogP contribution is 2.25. The predicted octanol–water partition coefficient (Wildman–Crippen LogP) is 4.35. The summed E-state index contributed by atoms with van der Waals surface area (Å²) in [7, 11) is 1.66. The molecule has 8 nitrogen and oxygen atoms in total. The standard InChI is InChI=1S/C28H30N6O2/c1-36-23-8-6-20(7-9-23)12-16-30-28(35)22-14-18-34(19-15-22)26-11-10-25(32-33-26)31-27-24-5-3-2-4-21(24)13-17-29-27/h2-11,13,17,22H,12,14-16,18-19H2,1H3,(H,30,35)(H,29,31,32). The number of methoxy groups -OCH3 is 1. The average Bonchev–Trinajstić information content (AvgIpc) is 2.94. The average molecular weight is 483 g/mol. The van der Waals surface area contributed by atoms with E-state index < -0.39 is 0 Å². The molecule has 0 radical (unpaired) electrons. The van der Waals surface area contributed by atoms with Crippen LogP contribution in [0.15, 0.2) is 72.9 Å². The van der Waals surface area contributed by atoms with Gasteiger partial charge in [0.1, 0.15) is 11.6 Å². The van der Waals surface area contributed by atoms with Crippen LogP contribution in [0.1, 0.15) is 18.4 Å². The summed E-state index contributed by atoms with van der Waals surface area (Å²) in [4.78, 5) is 19.3. The van der Waals surface area contributed by atoms with Crippen LogP contribution in [-0.4, -0.2) is 47.8 Å². The summed E-state index contributed by atoms with van der Waals surface area (Å²) in [5.41, 5.74) is 1.18. The highest BCUT2D eigenvalue weighted by Gasteiger charge is 2.25. The molecule has 1 aliphatic heterocycles. The van der Waals surface area contributed by atoms with E-state index >= 15 is 0 Å². The first-order valence-corrected chi connectivity index (χ1v) is 12.3. The van der Waals surface area contributed by atoms with E-state index in [0.717, 1.165) is 60.5 Å². The number of anilines is 3. The van der Waals surface area contributed by atoms with Gasteiger partial charge in [-0.05, 0) is 60.5 Å². The van der Waals surface area contributed by atoms with Gasteiger partial charge in [0.25, 0.3) is 0 Å². The van der Waals surface area contributed by atoms with E-state index in [2.05, 4.69) is 36.8 Å². The Balaban J connectivity index is 1.10. The lowest BCUT2D eigenvalue weighted by Gasteiger charge is -2.31. The molecule has 1 amide bonds. The number of hydrogen-bond donors (Lipinski definition) is 2. The summed E-state index contributed by atoms with van der Waals surface area (Å²) in [6, 6.07) is 21.9. The third-order valence-corrected chi connectivity index (χ3v) is 6.63. The SMILES string of the molecule is COc1ccc(CCNC(=O)C2CCN(c3ccc(Nc4nccc5ccccc45)nn3)CC2)cc1. The maximum atomic E-state index is 12.7. The molecule has 5 rings (SSSR count). The van der Waals surface area contributed by atoms with Crippen LogP contribution < -0.4 is 20.3 Å². The largest absolute Gasteiger partial charge is 0.497 e. The summed E-state index contributed by atoms with van der Waals surface area (Å²) in [6.07, 6.45) is 4.19. The van der Waals surface area contributed by atoms with Crippen LogP contribution in [-0.2, 0) is 11.2 Å². The van der Waals surface area contributed by atoms with Crippen molar-refractivity contribution in [3.05, 3.63) is 78.5 Å². The van der Waals surface area contributed by atoms with Gasteiger partial charge in [-0.3, -0.25) is 4.79 Å². The number of benzene rings is 2. The highest BCUT2D eigenvalue weighted by molar-refractivity contribution is 5.92. The van der Waals surface area contributed by atoms with Crippen LogP contribution in [0.25, 0.3) is 10.8 Å². The number of nitrogens with one attached hydrogen (secondary N) is 2. The molecular formula is C28H30N6O2. The van der Waals surface area contributed by atoms with Crippen molar-refractivity contribution in [2.75, 3.05) is 37.0 Å². The van der Waals surface area contributed by atoms with Gasteiger partial charge in [0.2, 0.25) is 5.91 Å². The number of nitrogens with zero attached hydrogens (tertiary/aromatic N) is 4. The Labute approximate surface area is 210 Å². The Morgan fingerprint density at radius 2 is 1.81 bits per heavy atom. The monoisotopic (exact) mass is 482 g/mol. The molecule has 8 heteroatoms. The molecular weight excluding hydrogens is 452 g/mol. The molecule has 2 aromatic heterocycles. The molecule has 1 aliphatic rings. The zero-order valence-electron chi connectivity index (χ0n) is 20.4. The van der Waals surface area contributed by atoms with E-state index in [1.54, 1.807) is 13.3 Å². The van der Waals surface area contributed by atoms with Crippen molar-refractivity contribution in [1.29, 1.82) is 0 Å². The molecule has 0 bridgehead atoms. The van der Waals surface area contributed by atoms with Crippen LogP contribution in [0.2, 0.25) is 0 Å². The Hall–Kier alpha value is -4.20. The molecule has 36 heavy (non-hydrogen) atoms. The Bertz CT molecular complexity index is 1300. The van der Waals surface area contributed by atoms with Crippen molar-refractivity contribution in [3.63, 3.8) is 0 Å². The summed E-state index contributed by atoms with van der Waals surface area (Å²) < 4.78 is 5.19. The molecule has 0 saturated carbocycles. The molecule has 2 N–H and O–H groups in total. The minimum atomic E-state index is 0.0310. The molecule has 0 spiro atoms. The quantitative estimate of drug-likeness (QED) is 0.386. The Morgan fingerprint density at radius 3 is 2.56 bits per heavy atom. The fourth-order valence-corrected chi connectivity index (χ4v) is 4.54. The summed E-state index contributed by atoms with van der Waals surface area (Å²) in [6.45, 7) is 2.20. The van der Waals surface area contributed by atoms with Gasteiger partial charge >= 0.3 is 0 Å². The molecule has 0 atom stereocenters. The number of ether oxygens (including phenoxy) is 1. The third kappa shape index (κ3) is 5.54. The number of pyridine rings is 1. The second-order valence-corrected chi connectivity index (χ2v) is 8.93. The zero-order valence-corrected chi connectivity index (χ0v) is 20.4. The smallest absolute Gasteiger partial charge is 0.223 e. The predicted molar refractivity (Wildman–Crippen MR) is 142 cm³/mol. The van der Waals surface area contributed by atoms with Crippen LogP contribution in [0.3, 0.4) is 0 Å². The van der Waals surface area contributed by atoms with E-state index in [1.165, 1.54) is 5.56 Å². The molecule has 0 unspecified atom stereocenters. The normalized spacial score (nSPS) is 14.0. The lowest BCUT2D eigenvalue weighted by molar-refractivity contribution is -0.125. The Morgan fingerprint density at radius 1 is 1.00 bits per heavy atom. The van der Waals surface area contributed by atoms with Gasteiger partial charge in [-0.2, -0.15) is 0 Å². The van der Waals surface area contributed by atoms with E-state index in [-0.39, 0.29) is 11.8 Å². The number of hydrogen-bond acceptors (Lipinski definition) is 7. The maximum absolute atomic E-state index is 12.7. The van der Waals surface area contributed by atoms with Crippen molar-refractivity contribution in [1.82, 2.24) is 20.5 Å². The van der Waals surface area contributed by atoms with Gasteiger partial charge in [0, 0.05) is 37.1 Å². The van der Waals surface area contributed by atoms with Crippen LogP contribution in [0, 0.1) is 5.92 Å². The van der Waals surface area contributed by atoms with Crippen molar-refractivity contribution in [3.8, 4) is 5.75 Å². The topological polar surface area (TPSA) is 92.3 Å². The van der Waals surface area contributed by atoms with Crippen molar-refractivity contribution in [2.45, 2.75) is 19.3 Å². The molecule has 1 saturated heterocycles. The van der Waals surface area contributed by atoms with Gasteiger partial charge in [-0.1, -0.05) is 36.4 Å². The van der Waals surface area contributed by atoms with Crippen LogP contribution in [0.5, 0.6) is 5.75 Å². The van der Waals surface area contributed by atoms with E-state index in [9.17, 15) is 4.79 Å². The molecule has 2 aromatic carbocycles. The van der Waals surface area contributed by atoms with E-state index in [0.29, 0.717) is 12.4 Å². The third-order valence-electron chi connectivity index (χ3n) is 6.63. The van der Waals surface area contributed by atoms with Gasteiger partial charge < -0.3 is 20.3 Å². The van der Waals surface area contributed by atoms with Crippen molar-refractivity contribution >= 4 is 34.1 Å².